The van der Waals surface area contributed by atoms with Gasteiger partial charge in [-0.15, -0.1) is 0 Å². The summed E-state index contributed by atoms with van der Waals surface area (Å²) in [6, 6.07) is 13.8. The Morgan fingerprint density at radius 1 is 1.13 bits per heavy atom. The van der Waals surface area contributed by atoms with E-state index in [0.717, 1.165) is 10.0 Å². The molecule has 2 aromatic rings. The molecule has 7 nitrogen and oxygen atoms in total. The summed E-state index contributed by atoms with van der Waals surface area (Å²) in [4.78, 5) is 26.2. The van der Waals surface area contributed by atoms with E-state index in [4.69, 9.17) is 9.47 Å². The lowest BCUT2D eigenvalue weighted by atomic mass is 10.2. The fourth-order valence-electron chi connectivity index (χ4n) is 3.12. The van der Waals surface area contributed by atoms with Crippen molar-refractivity contribution in [1.82, 2.24) is 4.90 Å². The Kier molecular flexibility index (Phi) is 7.14. The number of hydrogen-bond acceptors (Lipinski definition) is 6. The Hall–Kier alpha value is -2.39. The molecule has 0 N–H and O–H groups in total. The lowest BCUT2D eigenvalue weighted by molar-refractivity contribution is -0.134. The maximum absolute atomic E-state index is 12.5. The van der Waals surface area contributed by atoms with Crippen LogP contribution in [-0.4, -0.2) is 56.4 Å². The zero-order valence-corrected chi connectivity index (χ0v) is 18.8. The number of esters is 1. The number of likely N-dealkylation sites (N-methyl/N-ethyl adjacent to an activating group) is 1. The third-order valence-electron chi connectivity index (χ3n) is 4.92. The lowest BCUT2D eigenvalue weighted by Gasteiger charge is -2.23. The van der Waals surface area contributed by atoms with Crippen molar-refractivity contribution >= 4 is 37.6 Å². The summed E-state index contributed by atoms with van der Waals surface area (Å²) >= 11 is 3.46. The standard InChI is InChI=1S/C21H22BrNO6S/c1-23(16-10-11-30(26,27)14-16)20(24)13-29-21(25)17-7-3-5-9-19(17)28-12-15-6-2-4-8-18(15)22/h2-9,16H,10-14H2,1H3. The molecule has 1 aliphatic rings. The number of benzene rings is 2. The predicted octanol–water partition coefficient (Wildman–Crippen LogP) is 2.83. The number of carbonyl (C=O) groups excluding carboxylic acids is 2. The zero-order valence-electron chi connectivity index (χ0n) is 16.4. The average molecular weight is 496 g/mol. The molecule has 0 bridgehead atoms. The predicted molar refractivity (Wildman–Crippen MR) is 115 cm³/mol. The molecule has 160 valence electrons. The summed E-state index contributed by atoms with van der Waals surface area (Å²) in [6.45, 7) is -0.214. The molecule has 1 aliphatic heterocycles. The van der Waals surface area contributed by atoms with Crippen molar-refractivity contribution in [2.75, 3.05) is 25.2 Å². The molecule has 1 heterocycles. The maximum atomic E-state index is 12.5. The monoisotopic (exact) mass is 495 g/mol. The SMILES string of the molecule is CN(C(=O)COC(=O)c1ccccc1OCc1ccccc1Br)C1CCS(=O)(=O)C1. The molecule has 0 aromatic heterocycles. The Bertz CT molecular complexity index is 1040. The van der Waals surface area contributed by atoms with E-state index in [1.807, 2.05) is 24.3 Å². The van der Waals surface area contributed by atoms with Crippen LogP contribution in [0.15, 0.2) is 53.0 Å². The van der Waals surface area contributed by atoms with E-state index in [0.29, 0.717) is 12.2 Å². The van der Waals surface area contributed by atoms with Gasteiger partial charge in [-0.1, -0.05) is 46.3 Å². The van der Waals surface area contributed by atoms with Crippen LogP contribution in [0.1, 0.15) is 22.3 Å². The van der Waals surface area contributed by atoms with Crippen LogP contribution >= 0.6 is 15.9 Å². The van der Waals surface area contributed by atoms with Crippen LogP contribution in [0.5, 0.6) is 5.75 Å². The Balaban J connectivity index is 1.59. The van der Waals surface area contributed by atoms with Gasteiger partial charge in [0.05, 0.1) is 11.5 Å². The smallest absolute Gasteiger partial charge is 0.342 e. The first kappa shape index (κ1) is 22.3. The number of para-hydroxylation sites is 1. The Morgan fingerprint density at radius 2 is 1.83 bits per heavy atom. The van der Waals surface area contributed by atoms with E-state index < -0.39 is 28.3 Å². The molecule has 2 aromatic carbocycles. The zero-order chi connectivity index (χ0) is 21.7. The third kappa shape index (κ3) is 5.60. The highest BCUT2D eigenvalue weighted by Gasteiger charge is 2.33. The number of nitrogens with zero attached hydrogens (tertiary/aromatic N) is 1. The quantitative estimate of drug-likeness (QED) is 0.548. The lowest BCUT2D eigenvalue weighted by Crippen LogP contribution is -2.40. The van der Waals surface area contributed by atoms with Crippen LogP contribution in [-0.2, 0) is 26.0 Å². The second-order valence-corrected chi connectivity index (χ2v) is 10.1. The van der Waals surface area contributed by atoms with Crippen molar-refractivity contribution < 1.29 is 27.5 Å². The number of hydrogen-bond donors (Lipinski definition) is 0. The van der Waals surface area contributed by atoms with Crippen LogP contribution in [0.2, 0.25) is 0 Å². The third-order valence-corrected chi connectivity index (χ3v) is 7.45. The van der Waals surface area contributed by atoms with Crippen molar-refractivity contribution in [3.8, 4) is 5.75 Å². The fourth-order valence-corrected chi connectivity index (χ4v) is 5.30. The highest BCUT2D eigenvalue weighted by Crippen LogP contribution is 2.23. The Labute approximate surface area is 184 Å². The number of sulfone groups is 1. The highest BCUT2D eigenvalue weighted by molar-refractivity contribution is 9.10. The number of amides is 1. The normalized spacial score (nSPS) is 17.3. The van der Waals surface area contributed by atoms with Crippen molar-refractivity contribution in [3.63, 3.8) is 0 Å². The number of carbonyl (C=O) groups is 2. The van der Waals surface area contributed by atoms with Gasteiger partial charge < -0.3 is 14.4 Å². The molecule has 0 aliphatic carbocycles. The fraction of sp³-hybridized carbons (Fsp3) is 0.333. The molecule has 1 fully saturated rings. The maximum Gasteiger partial charge on any atom is 0.342 e. The van der Waals surface area contributed by atoms with Crippen molar-refractivity contribution in [2.45, 2.75) is 19.1 Å². The van der Waals surface area contributed by atoms with Crippen molar-refractivity contribution in [3.05, 3.63) is 64.1 Å². The molecule has 1 unspecified atom stereocenters. The van der Waals surface area contributed by atoms with Gasteiger partial charge in [0.2, 0.25) is 0 Å². The first-order valence-electron chi connectivity index (χ1n) is 9.35. The van der Waals surface area contributed by atoms with Gasteiger partial charge in [0.1, 0.15) is 17.9 Å². The molecule has 3 rings (SSSR count). The van der Waals surface area contributed by atoms with E-state index in [1.165, 1.54) is 11.9 Å². The van der Waals surface area contributed by atoms with Crippen LogP contribution in [0.25, 0.3) is 0 Å². The average Bonchev–Trinajstić information content (AvgIpc) is 3.10. The second kappa shape index (κ2) is 9.61. The van der Waals surface area contributed by atoms with Gasteiger partial charge in [-0.2, -0.15) is 0 Å². The minimum Gasteiger partial charge on any atom is -0.488 e. The first-order chi connectivity index (χ1) is 14.3. The number of rotatable bonds is 7. The molecular weight excluding hydrogens is 474 g/mol. The molecule has 0 saturated carbocycles. The molecule has 1 saturated heterocycles. The molecule has 9 heteroatoms. The van der Waals surface area contributed by atoms with E-state index >= 15 is 0 Å². The van der Waals surface area contributed by atoms with Gasteiger partial charge in [-0.25, -0.2) is 13.2 Å². The minimum absolute atomic E-state index is 0.0606. The van der Waals surface area contributed by atoms with Gasteiger partial charge in [0, 0.05) is 23.1 Å². The van der Waals surface area contributed by atoms with E-state index in [-0.39, 0.29) is 29.7 Å². The van der Waals surface area contributed by atoms with Crippen LogP contribution < -0.4 is 4.74 Å². The molecule has 1 atom stereocenters. The molecule has 1 amide bonds. The van der Waals surface area contributed by atoms with Crippen molar-refractivity contribution in [2.24, 2.45) is 0 Å². The van der Waals surface area contributed by atoms with Crippen LogP contribution in [0.4, 0.5) is 0 Å². The summed E-state index contributed by atoms with van der Waals surface area (Å²) < 4.78 is 35.1. The highest BCUT2D eigenvalue weighted by atomic mass is 79.9. The van der Waals surface area contributed by atoms with E-state index in [9.17, 15) is 18.0 Å². The molecular formula is C21H22BrNO6S. The topological polar surface area (TPSA) is 90.0 Å². The minimum atomic E-state index is -3.11. The van der Waals surface area contributed by atoms with Gasteiger partial charge in [0.15, 0.2) is 16.4 Å². The summed E-state index contributed by atoms with van der Waals surface area (Å²) in [5, 5.41) is 0. The molecule has 30 heavy (non-hydrogen) atoms. The van der Waals surface area contributed by atoms with Crippen LogP contribution in [0.3, 0.4) is 0 Å². The molecule has 0 radical (unpaired) electrons. The number of ether oxygens (including phenoxy) is 2. The van der Waals surface area contributed by atoms with Gasteiger partial charge >= 0.3 is 5.97 Å². The van der Waals surface area contributed by atoms with Crippen molar-refractivity contribution in [1.29, 1.82) is 0 Å². The Morgan fingerprint density at radius 3 is 2.53 bits per heavy atom. The van der Waals surface area contributed by atoms with Gasteiger partial charge in [-0.05, 0) is 24.6 Å². The van der Waals surface area contributed by atoms with E-state index in [1.54, 1.807) is 24.3 Å². The summed E-state index contributed by atoms with van der Waals surface area (Å²) in [5.74, 6) is -0.775. The molecule has 0 spiro atoms. The van der Waals surface area contributed by atoms with Gasteiger partial charge in [0.25, 0.3) is 5.91 Å². The first-order valence-corrected chi connectivity index (χ1v) is 12.0. The summed E-state index contributed by atoms with van der Waals surface area (Å²) in [7, 11) is -1.58. The summed E-state index contributed by atoms with van der Waals surface area (Å²) in [6.07, 6.45) is 0.393. The largest absolute Gasteiger partial charge is 0.488 e. The van der Waals surface area contributed by atoms with Gasteiger partial charge in [-0.3, -0.25) is 4.79 Å². The van der Waals surface area contributed by atoms with Crippen LogP contribution in [0, 0.1) is 0 Å². The van der Waals surface area contributed by atoms with E-state index in [2.05, 4.69) is 15.9 Å². The summed E-state index contributed by atoms with van der Waals surface area (Å²) in [5.41, 5.74) is 1.13. The number of halogens is 1. The second-order valence-electron chi connectivity index (χ2n) is 7.01.